The van der Waals surface area contributed by atoms with Gasteiger partial charge in [0, 0.05) is 23.4 Å². The molecule has 0 fully saturated rings. The van der Waals surface area contributed by atoms with Crippen LogP contribution in [0.15, 0.2) is 55.6 Å². The van der Waals surface area contributed by atoms with Gasteiger partial charge in [-0.05, 0) is 43.0 Å². The first kappa shape index (κ1) is 17.7. The Labute approximate surface area is 144 Å². The summed E-state index contributed by atoms with van der Waals surface area (Å²) >= 11 is 0. The highest BCUT2D eigenvalue weighted by molar-refractivity contribution is 5.98. The number of rotatable bonds is 7. The molecule has 0 heterocycles. The van der Waals surface area contributed by atoms with Crippen LogP contribution in [0.1, 0.15) is 53.4 Å². The average molecular weight is 319 g/mol. The number of nitrogens with one attached hydrogen (secondary N) is 1. The average Bonchev–Trinajstić information content (AvgIpc) is 2.59. The van der Waals surface area contributed by atoms with Crippen molar-refractivity contribution in [2.24, 2.45) is 0 Å². The van der Waals surface area contributed by atoms with E-state index in [1.54, 1.807) is 6.92 Å². The number of aryl methyl sites for hydroxylation is 1. The fourth-order valence-corrected chi connectivity index (χ4v) is 2.58. The number of hydrogen-bond donors (Lipinski definition) is 1. The van der Waals surface area contributed by atoms with Gasteiger partial charge in [0.05, 0.1) is 0 Å². The number of benzene rings is 2. The molecular formula is C22H25NO. The van der Waals surface area contributed by atoms with Gasteiger partial charge in [-0.3, -0.25) is 4.79 Å². The van der Waals surface area contributed by atoms with Gasteiger partial charge in [0.25, 0.3) is 0 Å². The zero-order chi connectivity index (χ0) is 17.7. The van der Waals surface area contributed by atoms with E-state index in [2.05, 4.69) is 55.7 Å². The van der Waals surface area contributed by atoms with Crippen LogP contribution in [0.25, 0.3) is 11.3 Å². The van der Waals surface area contributed by atoms with Crippen LogP contribution in [0, 0.1) is 0 Å². The van der Waals surface area contributed by atoms with Crippen molar-refractivity contribution >= 4 is 17.1 Å². The van der Waals surface area contributed by atoms with Crippen molar-refractivity contribution in [3.63, 3.8) is 0 Å². The Bertz CT molecular complexity index is 769. The van der Waals surface area contributed by atoms with E-state index in [9.17, 15) is 4.79 Å². The standard InChI is InChI=1S/C22H25NO/c1-6-18-9-12-21(17(5)24)22(13-18)16(4)23-14-19-7-10-20(11-8-19)15(2)3/h7-13,23H,2,4,6,14H2,1,3,5H3. The maximum absolute atomic E-state index is 11.9. The van der Waals surface area contributed by atoms with Crippen LogP contribution in [-0.4, -0.2) is 5.78 Å². The van der Waals surface area contributed by atoms with Gasteiger partial charge in [0.1, 0.15) is 0 Å². The van der Waals surface area contributed by atoms with Gasteiger partial charge in [-0.2, -0.15) is 0 Å². The van der Waals surface area contributed by atoms with Crippen LogP contribution in [0.5, 0.6) is 0 Å². The van der Waals surface area contributed by atoms with Crippen molar-refractivity contribution in [3.05, 3.63) is 83.4 Å². The summed E-state index contributed by atoms with van der Waals surface area (Å²) in [6, 6.07) is 14.3. The molecule has 0 saturated heterocycles. The van der Waals surface area contributed by atoms with Gasteiger partial charge in [-0.15, -0.1) is 0 Å². The predicted molar refractivity (Wildman–Crippen MR) is 103 cm³/mol. The lowest BCUT2D eigenvalue weighted by Gasteiger charge is -2.14. The minimum Gasteiger partial charge on any atom is -0.381 e. The molecule has 2 rings (SSSR count). The second-order valence-electron chi connectivity index (χ2n) is 6.10. The number of allylic oxidation sites excluding steroid dienone is 1. The van der Waals surface area contributed by atoms with Gasteiger partial charge in [-0.1, -0.05) is 62.1 Å². The molecule has 0 saturated carbocycles. The van der Waals surface area contributed by atoms with Crippen molar-refractivity contribution in [3.8, 4) is 0 Å². The molecule has 0 radical (unpaired) electrons. The van der Waals surface area contributed by atoms with E-state index in [-0.39, 0.29) is 5.78 Å². The van der Waals surface area contributed by atoms with E-state index in [0.29, 0.717) is 12.1 Å². The van der Waals surface area contributed by atoms with Crippen molar-refractivity contribution in [2.45, 2.75) is 33.7 Å². The molecule has 0 unspecified atom stereocenters. The first-order valence-corrected chi connectivity index (χ1v) is 8.24. The number of ketones is 1. The van der Waals surface area contributed by atoms with E-state index < -0.39 is 0 Å². The summed E-state index contributed by atoms with van der Waals surface area (Å²) in [6.07, 6.45) is 0.931. The Hall–Kier alpha value is -2.61. The molecule has 2 aromatic rings. The van der Waals surface area contributed by atoms with Crippen molar-refractivity contribution in [1.29, 1.82) is 0 Å². The molecule has 0 amide bonds. The normalized spacial score (nSPS) is 10.3. The third kappa shape index (κ3) is 4.23. The SMILES string of the molecule is C=C(C)c1ccc(CNC(=C)c2cc(CC)ccc2C(C)=O)cc1. The maximum Gasteiger partial charge on any atom is 0.160 e. The molecule has 0 atom stereocenters. The largest absolute Gasteiger partial charge is 0.381 e. The van der Waals surface area contributed by atoms with Crippen LogP contribution in [0.4, 0.5) is 0 Å². The van der Waals surface area contributed by atoms with E-state index in [1.807, 2.05) is 19.1 Å². The van der Waals surface area contributed by atoms with Gasteiger partial charge < -0.3 is 5.32 Å². The van der Waals surface area contributed by atoms with E-state index in [0.717, 1.165) is 34.4 Å². The highest BCUT2D eigenvalue weighted by Gasteiger charge is 2.11. The molecule has 0 aliphatic heterocycles. The number of carbonyl (C=O) groups excluding carboxylic acids is 1. The summed E-state index contributed by atoms with van der Waals surface area (Å²) in [6.45, 7) is 14.4. The molecule has 0 aliphatic rings. The summed E-state index contributed by atoms with van der Waals surface area (Å²) in [5, 5.41) is 3.34. The van der Waals surface area contributed by atoms with Gasteiger partial charge in [-0.25, -0.2) is 0 Å². The Kier molecular flexibility index (Phi) is 5.75. The predicted octanol–water partition coefficient (Wildman–Crippen LogP) is 5.25. The Morgan fingerprint density at radius 1 is 0.958 bits per heavy atom. The van der Waals surface area contributed by atoms with Crippen LogP contribution in [-0.2, 0) is 13.0 Å². The molecule has 0 aromatic heterocycles. The number of carbonyl (C=O) groups is 1. The first-order chi connectivity index (χ1) is 11.4. The Balaban J connectivity index is 2.14. The molecular weight excluding hydrogens is 294 g/mol. The second kappa shape index (κ2) is 7.78. The lowest BCUT2D eigenvalue weighted by atomic mass is 9.98. The first-order valence-electron chi connectivity index (χ1n) is 8.24. The fourth-order valence-electron chi connectivity index (χ4n) is 2.58. The highest BCUT2D eigenvalue weighted by atomic mass is 16.1. The van der Waals surface area contributed by atoms with Crippen molar-refractivity contribution in [1.82, 2.24) is 5.32 Å². The monoisotopic (exact) mass is 319 g/mol. The molecule has 0 aliphatic carbocycles. The molecule has 124 valence electrons. The molecule has 0 spiro atoms. The van der Waals surface area contributed by atoms with Gasteiger partial charge in [0.15, 0.2) is 5.78 Å². The lowest BCUT2D eigenvalue weighted by Crippen LogP contribution is -2.13. The zero-order valence-electron chi connectivity index (χ0n) is 14.8. The summed E-state index contributed by atoms with van der Waals surface area (Å²) in [7, 11) is 0. The van der Waals surface area contributed by atoms with Crippen molar-refractivity contribution in [2.75, 3.05) is 0 Å². The molecule has 2 nitrogen and oxygen atoms in total. The molecule has 0 bridgehead atoms. The molecule has 24 heavy (non-hydrogen) atoms. The minimum absolute atomic E-state index is 0.0569. The maximum atomic E-state index is 11.9. The Morgan fingerprint density at radius 2 is 1.58 bits per heavy atom. The van der Waals surface area contributed by atoms with Gasteiger partial charge >= 0.3 is 0 Å². The fraction of sp³-hybridized carbons (Fsp3) is 0.227. The number of hydrogen-bond acceptors (Lipinski definition) is 2. The van der Waals surface area contributed by atoms with E-state index >= 15 is 0 Å². The molecule has 2 heteroatoms. The van der Waals surface area contributed by atoms with Crippen LogP contribution >= 0.6 is 0 Å². The van der Waals surface area contributed by atoms with Crippen LogP contribution in [0.2, 0.25) is 0 Å². The zero-order valence-corrected chi connectivity index (χ0v) is 14.8. The summed E-state index contributed by atoms with van der Waals surface area (Å²) in [5.41, 5.74) is 6.94. The second-order valence-corrected chi connectivity index (χ2v) is 6.10. The van der Waals surface area contributed by atoms with Crippen molar-refractivity contribution < 1.29 is 4.79 Å². The lowest BCUT2D eigenvalue weighted by molar-refractivity contribution is 0.101. The van der Waals surface area contributed by atoms with Crippen LogP contribution in [0.3, 0.4) is 0 Å². The summed E-state index contributed by atoms with van der Waals surface area (Å²) in [4.78, 5) is 11.9. The number of Topliss-reactive ketones (excluding diaryl/α,β-unsaturated/α-hetero) is 1. The van der Waals surface area contributed by atoms with Crippen LogP contribution < -0.4 is 5.32 Å². The van der Waals surface area contributed by atoms with Gasteiger partial charge in [0.2, 0.25) is 0 Å². The Morgan fingerprint density at radius 3 is 2.12 bits per heavy atom. The molecule has 1 N–H and O–H groups in total. The third-order valence-electron chi connectivity index (χ3n) is 4.15. The third-order valence-corrected chi connectivity index (χ3v) is 4.15. The summed E-state index contributed by atoms with van der Waals surface area (Å²) < 4.78 is 0. The minimum atomic E-state index is 0.0569. The smallest absolute Gasteiger partial charge is 0.160 e. The molecule has 2 aromatic carbocycles. The summed E-state index contributed by atoms with van der Waals surface area (Å²) in [5.74, 6) is 0.0569. The highest BCUT2D eigenvalue weighted by Crippen LogP contribution is 2.20. The van der Waals surface area contributed by atoms with E-state index in [1.165, 1.54) is 5.56 Å². The van der Waals surface area contributed by atoms with E-state index in [4.69, 9.17) is 0 Å². The quantitative estimate of drug-likeness (QED) is 0.707. The topological polar surface area (TPSA) is 29.1 Å².